The van der Waals surface area contributed by atoms with Crippen LogP contribution in [-0.2, 0) is 18.3 Å². The second-order valence-corrected chi connectivity index (χ2v) is 8.17. The third kappa shape index (κ3) is 4.44. The van der Waals surface area contributed by atoms with E-state index in [4.69, 9.17) is 4.74 Å². The van der Waals surface area contributed by atoms with E-state index < -0.39 is 6.17 Å². The van der Waals surface area contributed by atoms with Crippen molar-refractivity contribution in [3.8, 4) is 0 Å². The van der Waals surface area contributed by atoms with Gasteiger partial charge in [0.2, 0.25) is 0 Å². The lowest BCUT2D eigenvalue weighted by atomic mass is 10.0. The van der Waals surface area contributed by atoms with Crippen molar-refractivity contribution in [1.82, 2.24) is 24.9 Å². The second-order valence-electron chi connectivity index (χ2n) is 8.17. The normalized spacial score (nSPS) is 31.8. The van der Waals surface area contributed by atoms with Gasteiger partial charge in [0.1, 0.15) is 6.17 Å². The second kappa shape index (κ2) is 8.33. The zero-order chi connectivity index (χ0) is 17.9. The molecule has 0 amide bonds. The topological polar surface area (TPSA) is 45.6 Å². The minimum atomic E-state index is -0.706. The molecule has 0 bridgehead atoms. The molecule has 0 radical (unpaired) electrons. The fraction of sp³-hybridized carbons (Fsp3) is 0.842. The first-order chi connectivity index (χ1) is 12.7. The van der Waals surface area contributed by atoms with E-state index in [1.54, 1.807) is 0 Å². The van der Waals surface area contributed by atoms with Crippen LogP contribution in [0.4, 0.5) is 4.39 Å². The molecule has 0 aliphatic carbocycles. The summed E-state index contributed by atoms with van der Waals surface area (Å²) in [6.07, 6.45) is 7.40. The van der Waals surface area contributed by atoms with Gasteiger partial charge in [-0.15, -0.1) is 0 Å². The molecule has 3 saturated heterocycles. The van der Waals surface area contributed by atoms with Crippen molar-refractivity contribution in [2.24, 2.45) is 7.05 Å². The Morgan fingerprint density at radius 2 is 2.15 bits per heavy atom. The van der Waals surface area contributed by atoms with Gasteiger partial charge in [0.15, 0.2) is 0 Å². The quantitative estimate of drug-likeness (QED) is 0.820. The molecule has 4 rings (SSSR count). The lowest BCUT2D eigenvalue weighted by Gasteiger charge is -2.36. The summed E-state index contributed by atoms with van der Waals surface area (Å²) in [6.45, 7) is 6.35. The molecule has 3 aliphatic rings. The van der Waals surface area contributed by atoms with Crippen molar-refractivity contribution >= 4 is 0 Å². The van der Waals surface area contributed by atoms with Gasteiger partial charge >= 0.3 is 0 Å². The van der Waals surface area contributed by atoms with Crippen LogP contribution in [0.3, 0.4) is 0 Å². The SMILES string of the molecule is Cn1cc(CN2C[C@@H](F)C[C@H]2CNC2CCN(C3CCOC3)CC2)cn1. The largest absolute Gasteiger partial charge is 0.380 e. The van der Waals surface area contributed by atoms with Crippen LogP contribution in [0.5, 0.6) is 0 Å². The molecule has 3 fully saturated rings. The number of aryl methyl sites for hydroxylation is 1. The number of hydrogen-bond donors (Lipinski definition) is 1. The Labute approximate surface area is 155 Å². The Morgan fingerprint density at radius 1 is 1.31 bits per heavy atom. The van der Waals surface area contributed by atoms with Gasteiger partial charge < -0.3 is 10.1 Å². The van der Waals surface area contributed by atoms with Crippen LogP contribution in [0.25, 0.3) is 0 Å². The molecule has 1 N–H and O–H groups in total. The summed E-state index contributed by atoms with van der Waals surface area (Å²) in [5, 5.41) is 7.96. The van der Waals surface area contributed by atoms with E-state index >= 15 is 0 Å². The molecular weight excluding hydrogens is 333 g/mol. The number of halogens is 1. The van der Waals surface area contributed by atoms with Crippen molar-refractivity contribution in [2.75, 3.05) is 39.4 Å². The van der Waals surface area contributed by atoms with Crippen molar-refractivity contribution in [3.05, 3.63) is 18.0 Å². The van der Waals surface area contributed by atoms with E-state index in [0.717, 1.165) is 39.4 Å². The standard InChI is InChI=1S/C19H32FN5O/c1-23-11-15(9-22-23)12-25-13-16(20)8-19(25)10-21-17-2-5-24(6-3-17)18-4-7-26-14-18/h9,11,16-19,21H,2-8,10,12-14H2,1H3/t16-,18?,19-/m0/s1. The maximum Gasteiger partial charge on any atom is 0.114 e. The van der Waals surface area contributed by atoms with Crippen molar-refractivity contribution in [3.63, 3.8) is 0 Å². The van der Waals surface area contributed by atoms with Crippen LogP contribution in [0.2, 0.25) is 0 Å². The number of aromatic nitrogens is 2. The van der Waals surface area contributed by atoms with Crippen molar-refractivity contribution in [2.45, 2.75) is 56.5 Å². The summed E-state index contributed by atoms with van der Waals surface area (Å²) < 4.78 is 21.3. The molecule has 0 aromatic carbocycles. The highest BCUT2D eigenvalue weighted by atomic mass is 19.1. The minimum Gasteiger partial charge on any atom is -0.380 e. The molecular formula is C19H32FN5O. The van der Waals surface area contributed by atoms with Gasteiger partial charge in [0.05, 0.1) is 12.8 Å². The van der Waals surface area contributed by atoms with E-state index in [1.807, 2.05) is 24.1 Å². The fourth-order valence-corrected chi connectivity index (χ4v) is 4.70. The van der Waals surface area contributed by atoms with Gasteiger partial charge in [0.25, 0.3) is 0 Å². The Bertz CT molecular complexity index is 568. The number of piperidine rings is 1. The lowest BCUT2D eigenvalue weighted by molar-refractivity contribution is 0.115. The fourth-order valence-electron chi connectivity index (χ4n) is 4.70. The van der Waals surface area contributed by atoms with E-state index in [1.165, 1.54) is 24.8 Å². The lowest BCUT2D eigenvalue weighted by Crippen LogP contribution is -2.49. The summed E-state index contributed by atoms with van der Waals surface area (Å²) in [6, 6.07) is 1.48. The Morgan fingerprint density at radius 3 is 2.85 bits per heavy atom. The maximum atomic E-state index is 14.0. The summed E-state index contributed by atoms with van der Waals surface area (Å²) >= 11 is 0. The van der Waals surface area contributed by atoms with E-state index in [-0.39, 0.29) is 6.04 Å². The van der Waals surface area contributed by atoms with Gasteiger partial charge in [-0.2, -0.15) is 5.10 Å². The Balaban J connectivity index is 1.23. The van der Waals surface area contributed by atoms with Gasteiger partial charge in [-0.25, -0.2) is 4.39 Å². The van der Waals surface area contributed by atoms with E-state index in [0.29, 0.717) is 25.0 Å². The molecule has 146 valence electrons. The first-order valence-corrected chi connectivity index (χ1v) is 10.1. The molecule has 0 saturated carbocycles. The third-order valence-corrected chi connectivity index (χ3v) is 6.21. The number of ether oxygens (including phenoxy) is 1. The summed E-state index contributed by atoms with van der Waals surface area (Å²) in [5.41, 5.74) is 1.17. The number of nitrogens with zero attached hydrogens (tertiary/aromatic N) is 4. The van der Waals surface area contributed by atoms with Crippen LogP contribution < -0.4 is 5.32 Å². The first-order valence-electron chi connectivity index (χ1n) is 10.1. The first kappa shape index (κ1) is 18.3. The van der Waals surface area contributed by atoms with Crippen molar-refractivity contribution in [1.29, 1.82) is 0 Å². The van der Waals surface area contributed by atoms with Crippen LogP contribution >= 0.6 is 0 Å². The molecule has 3 aliphatic heterocycles. The minimum absolute atomic E-state index is 0.284. The molecule has 6 nitrogen and oxygen atoms in total. The number of rotatable bonds is 6. The maximum absolute atomic E-state index is 14.0. The molecule has 1 aromatic heterocycles. The third-order valence-electron chi connectivity index (χ3n) is 6.21. The average molecular weight is 365 g/mol. The summed E-state index contributed by atoms with van der Waals surface area (Å²) in [7, 11) is 1.93. The molecule has 1 unspecified atom stereocenters. The number of nitrogens with one attached hydrogen (secondary N) is 1. The predicted octanol–water partition coefficient (Wildman–Crippen LogP) is 1.18. The zero-order valence-corrected chi connectivity index (χ0v) is 15.8. The number of hydrogen-bond acceptors (Lipinski definition) is 5. The predicted molar refractivity (Wildman–Crippen MR) is 98.7 cm³/mol. The monoisotopic (exact) mass is 365 g/mol. The number of alkyl halides is 1. The van der Waals surface area contributed by atoms with Crippen LogP contribution in [0.1, 0.15) is 31.2 Å². The molecule has 1 aromatic rings. The van der Waals surface area contributed by atoms with Gasteiger partial charge in [-0.3, -0.25) is 14.5 Å². The smallest absolute Gasteiger partial charge is 0.114 e. The highest BCUT2D eigenvalue weighted by Gasteiger charge is 2.33. The average Bonchev–Trinajstić information content (AvgIpc) is 3.36. The zero-order valence-electron chi connectivity index (χ0n) is 15.8. The van der Waals surface area contributed by atoms with Gasteiger partial charge in [-0.1, -0.05) is 0 Å². The van der Waals surface area contributed by atoms with Crippen LogP contribution in [0.15, 0.2) is 12.4 Å². The van der Waals surface area contributed by atoms with Crippen LogP contribution in [0, 0.1) is 0 Å². The molecule has 4 heterocycles. The summed E-state index contributed by atoms with van der Waals surface area (Å²) in [4.78, 5) is 4.87. The number of likely N-dealkylation sites (tertiary alicyclic amines) is 2. The van der Waals surface area contributed by atoms with E-state index in [2.05, 4.69) is 20.2 Å². The Kier molecular flexibility index (Phi) is 5.88. The molecule has 3 atom stereocenters. The Hall–Kier alpha value is -1.02. The van der Waals surface area contributed by atoms with Crippen molar-refractivity contribution < 1.29 is 9.13 Å². The summed E-state index contributed by atoms with van der Waals surface area (Å²) in [5.74, 6) is 0. The van der Waals surface area contributed by atoms with E-state index in [9.17, 15) is 4.39 Å². The molecule has 26 heavy (non-hydrogen) atoms. The van der Waals surface area contributed by atoms with Gasteiger partial charge in [0, 0.05) is 76.3 Å². The molecule has 7 heteroatoms. The molecule has 0 spiro atoms. The van der Waals surface area contributed by atoms with Crippen LogP contribution in [-0.4, -0.2) is 83.3 Å². The van der Waals surface area contributed by atoms with Gasteiger partial charge in [-0.05, 0) is 25.7 Å². The highest BCUT2D eigenvalue weighted by molar-refractivity contribution is 5.05. The highest BCUT2D eigenvalue weighted by Crippen LogP contribution is 2.23.